The zero-order chi connectivity index (χ0) is 12.8. The second-order valence-electron chi connectivity index (χ2n) is 3.23. The summed E-state index contributed by atoms with van der Waals surface area (Å²) in [6.07, 6.45) is 0. The van der Waals surface area contributed by atoms with Crippen molar-refractivity contribution in [1.82, 2.24) is 10.6 Å². The van der Waals surface area contributed by atoms with Gasteiger partial charge >= 0.3 is 17.8 Å². The molecule has 6 nitrogen and oxygen atoms in total. The third-order valence-electron chi connectivity index (χ3n) is 2.09. The van der Waals surface area contributed by atoms with E-state index in [9.17, 15) is 14.4 Å². The summed E-state index contributed by atoms with van der Waals surface area (Å²) in [6, 6.07) is 6.91. The lowest BCUT2D eigenvalue weighted by Crippen LogP contribution is -2.42. The number of nitrogens with one attached hydrogen (secondary N) is 2. The fourth-order valence-corrected chi connectivity index (χ4v) is 1.24. The molecule has 1 aromatic carbocycles. The Morgan fingerprint density at radius 1 is 1.12 bits per heavy atom. The summed E-state index contributed by atoms with van der Waals surface area (Å²) in [5.41, 5.74) is 0.400. The van der Waals surface area contributed by atoms with Gasteiger partial charge in [-0.3, -0.25) is 9.59 Å². The average molecular weight is 236 g/mol. The molecule has 3 N–H and O–H groups in total. The number of amides is 2. The van der Waals surface area contributed by atoms with Crippen LogP contribution in [0.2, 0.25) is 0 Å². The van der Waals surface area contributed by atoms with Crippen molar-refractivity contribution in [2.45, 2.75) is 6.04 Å². The number of benzene rings is 1. The van der Waals surface area contributed by atoms with Crippen LogP contribution in [-0.2, 0) is 14.4 Å². The molecule has 17 heavy (non-hydrogen) atoms. The van der Waals surface area contributed by atoms with E-state index in [0.29, 0.717) is 5.56 Å². The molecule has 0 aliphatic carbocycles. The van der Waals surface area contributed by atoms with Crippen molar-refractivity contribution in [1.29, 1.82) is 0 Å². The summed E-state index contributed by atoms with van der Waals surface area (Å²) < 4.78 is 0. The molecule has 1 rings (SSSR count). The van der Waals surface area contributed by atoms with Crippen molar-refractivity contribution in [2.24, 2.45) is 0 Å². The first-order chi connectivity index (χ1) is 8.06. The molecule has 0 aliphatic heterocycles. The van der Waals surface area contributed by atoms with Gasteiger partial charge in [-0.25, -0.2) is 4.79 Å². The van der Waals surface area contributed by atoms with Crippen LogP contribution in [0.15, 0.2) is 30.3 Å². The molecule has 0 saturated heterocycles. The highest BCUT2D eigenvalue weighted by Gasteiger charge is 2.24. The first-order valence-electron chi connectivity index (χ1n) is 4.86. The first kappa shape index (κ1) is 12.7. The molecule has 0 aliphatic rings. The molecular weight excluding hydrogens is 224 g/mol. The van der Waals surface area contributed by atoms with Gasteiger partial charge in [-0.1, -0.05) is 30.3 Å². The summed E-state index contributed by atoms with van der Waals surface area (Å²) in [6.45, 7) is 0. The second kappa shape index (κ2) is 5.64. The van der Waals surface area contributed by atoms with Crippen LogP contribution < -0.4 is 10.6 Å². The van der Waals surface area contributed by atoms with Gasteiger partial charge in [0.05, 0.1) is 0 Å². The van der Waals surface area contributed by atoms with E-state index in [1.807, 2.05) is 0 Å². The number of carboxylic acid groups (broad SMARTS) is 1. The monoisotopic (exact) mass is 236 g/mol. The lowest BCUT2D eigenvalue weighted by molar-refractivity contribution is -0.144. The summed E-state index contributed by atoms with van der Waals surface area (Å²) in [5.74, 6) is -3.09. The smallest absolute Gasteiger partial charge is 0.330 e. The number of carbonyl (C=O) groups excluding carboxylic acids is 2. The Kier molecular flexibility index (Phi) is 4.21. The highest BCUT2D eigenvalue weighted by molar-refractivity contribution is 6.35. The largest absolute Gasteiger partial charge is 0.479 e. The first-order valence-corrected chi connectivity index (χ1v) is 4.86. The van der Waals surface area contributed by atoms with Crippen LogP contribution in [0.3, 0.4) is 0 Å². The fourth-order valence-electron chi connectivity index (χ4n) is 1.24. The van der Waals surface area contributed by atoms with Gasteiger partial charge in [0.2, 0.25) is 0 Å². The second-order valence-corrected chi connectivity index (χ2v) is 3.23. The van der Waals surface area contributed by atoms with Crippen molar-refractivity contribution in [3.8, 4) is 0 Å². The molecule has 0 aromatic heterocycles. The Hall–Kier alpha value is -2.37. The van der Waals surface area contributed by atoms with Crippen LogP contribution in [0, 0.1) is 0 Å². The number of carbonyl (C=O) groups is 3. The van der Waals surface area contributed by atoms with Crippen LogP contribution in [0.5, 0.6) is 0 Å². The molecular formula is C11H12N2O4. The van der Waals surface area contributed by atoms with E-state index in [2.05, 4.69) is 10.6 Å². The zero-order valence-electron chi connectivity index (χ0n) is 9.14. The van der Waals surface area contributed by atoms with Gasteiger partial charge in [0.1, 0.15) is 0 Å². The number of rotatable bonds is 3. The van der Waals surface area contributed by atoms with Crippen LogP contribution in [0.4, 0.5) is 0 Å². The Balaban J connectivity index is 2.86. The zero-order valence-corrected chi connectivity index (χ0v) is 9.14. The standard InChI is InChI=1S/C11H12N2O4/c1-12-9(14)10(15)13-8(11(16)17)7-5-3-2-4-6-7/h2-6,8H,1H3,(H,12,14)(H,13,15)(H,16,17). The number of carboxylic acids is 1. The number of aliphatic carboxylic acids is 1. The third-order valence-corrected chi connectivity index (χ3v) is 2.09. The minimum absolute atomic E-state index is 0.400. The van der Waals surface area contributed by atoms with Crippen molar-refractivity contribution >= 4 is 17.8 Å². The topological polar surface area (TPSA) is 95.5 Å². The maximum absolute atomic E-state index is 11.3. The molecule has 0 bridgehead atoms. The Morgan fingerprint density at radius 3 is 2.18 bits per heavy atom. The summed E-state index contributed by atoms with van der Waals surface area (Å²) >= 11 is 0. The van der Waals surface area contributed by atoms with Crippen LogP contribution in [0.1, 0.15) is 11.6 Å². The molecule has 0 spiro atoms. The quantitative estimate of drug-likeness (QED) is 0.626. The number of hydrogen-bond acceptors (Lipinski definition) is 3. The lowest BCUT2D eigenvalue weighted by Gasteiger charge is -2.13. The molecule has 0 saturated carbocycles. The van der Waals surface area contributed by atoms with E-state index in [1.165, 1.54) is 7.05 Å². The Bertz CT molecular complexity index is 430. The minimum Gasteiger partial charge on any atom is -0.479 e. The molecule has 90 valence electrons. The number of likely N-dealkylation sites (N-methyl/N-ethyl adjacent to an activating group) is 1. The molecule has 0 fully saturated rings. The van der Waals surface area contributed by atoms with E-state index in [1.54, 1.807) is 30.3 Å². The van der Waals surface area contributed by atoms with Gasteiger partial charge in [-0.05, 0) is 5.56 Å². The highest BCUT2D eigenvalue weighted by atomic mass is 16.4. The van der Waals surface area contributed by atoms with Gasteiger partial charge in [0.15, 0.2) is 6.04 Å². The molecule has 1 aromatic rings. The third kappa shape index (κ3) is 3.30. The van der Waals surface area contributed by atoms with Crippen LogP contribution in [0.25, 0.3) is 0 Å². The van der Waals surface area contributed by atoms with E-state index in [0.717, 1.165) is 0 Å². The van der Waals surface area contributed by atoms with E-state index in [-0.39, 0.29) is 0 Å². The van der Waals surface area contributed by atoms with Crippen LogP contribution >= 0.6 is 0 Å². The maximum atomic E-state index is 11.3. The molecule has 0 radical (unpaired) electrons. The van der Waals surface area contributed by atoms with Crippen molar-refractivity contribution in [3.05, 3.63) is 35.9 Å². The summed E-state index contributed by atoms with van der Waals surface area (Å²) in [7, 11) is 1.29. The van der Waals surface area contributed by atoms with Gasteiger partial charge < -0.3 is 15.7 Å². The van der Waals surface area contributed by atoms with Crippen molar-refractivity contribution in [2.75, 3.05) is 7.05 Å². The van der Waals surface area contributed by atoms with Crippen molar-refractivity contribution < 1.29 is 19.5 Å². The predicted molar refractivity (Wildman–Crippen MR) is 59.0 cm³/mol. The maximum Gasteiger partial charge on any atom is 0.330 e. The van der Waals surface area contributed by atoms with Gasteiger partial charge in [0.25, 0.3) is 0 Å². The van der Waals surface area contributed by atoms with E-state index in [4.69, 9.17) is 5.11 Å². The Labute approximate surface area is 97.6 Å². The van der Waals surface area contributed by atoms with Crippen molar-refractivity contribution in [3.63, 3.8) is 0 Å². The predicted octanol–water partition coefficient (Wildman–Crippen LogP) is -0.325. The van der Waals surface area contributed by atoms with Gasteiger partial charge in [0, 0.05) is 7.05 Å². The molecule has 0 heterocycles. The molecule has 1 atom stereocenters. The fraction of sp³-hybridized carbons (Fsp3) is 0.182. The number of hydrogen-bond donors (Lipinski definition) is 3. The summed E-state index contributed by atoms with van der Waals surface area (Å²) in [4.78, 5) is 33.3. The Morgan fingerprint density at radius 2 is 1.71 bits per heavy atom. The van der Waals surface area contributed by atoms with Gasteiger partial charge in [-0.2, -0.15) is 0 Å². The summed E-state index contributed by atoms with van der Waals surface area (Å²) in [5, 5.41) is 13.2. The average Bonchev–Trinajstić information content (AvgIpc) is 2.35. The normalized spacial score (nSPS) is 11.4. The van der Waals surface area contributed by atoms with E-state index < -0.39 is 23.8 Å². The van der Waals surface area contributed by atoms with Gasteiger partial charge in [-0.15, -0.1) is 0 Å². The highest BCUT2D eigenvalue weighted by Crippen LogP contribution is 2.12. The van der Waals surface area contributed by atoms with E-state index >= 15 is 0 Å². The molecule has 6 heteroatoms. The molecule has 1 unspecified atom stereocenters. The molecule has 2 amide bonds. The minimum atomic E-state index is -1.24. The SMILES string of the molecule is CNC(=O)C(=O)NC(C(=O)O)c1ccccc1. The lowest BCUT2D eigenvalue weighted by atomic mass is 10.1. The van der Waals surface area contributed by atoms with Crippen LogP contribution in [-0.4, -0.2) is 29.9 Å².